The van der Waals surface area contributed by atoms with Gasteiger partial charge in [0.15, 0.2) is 5.96 Å². The molecule has 5 amide bonds. The maximum absolute atomic E-state index is 13.9. The van der Waals surface area contributed by atoms with E-state index in [1.165, 1.54) is 19.0 Å². The van der Waals surface area contributed by atoms with Gasteiger partial charge in [-0.3, -0.25) is 33.8 Å². The fourth-order valence-corrected chi connectivity index (χ4v) is 4.81. The van der Waals surface area contributed by atoms with Crippen LogP contribution < -0.4 is 27.4 Å². The topological polar surface area (TPSA) is 230 Å². The van der Waals surface area contributed by atoms with Crippen molar-refractivity contribution in [2.75, 3.05) is 27.2 Å². The minimum Gasteiger partial charge on any atom is -0.481 e. The van der Waals surface area contributed by atoms with Crippen LogP contribution in [0.15, 0.2) is 35.3 Å². The van der Waals surface area contributed by atoms with Crippen LogP contribution in [-0.2, 0) is 35.2 Å². The van der Waals surface area contributed by atoms with Crippen LogP contribution in [0.2, 0.25) is 0 Å². The van der Waals surface area contributed by atoms with Crippen molar-refractivity contribution in [2.24, 2.45) is 22.4 Å². The molecule has 0 aliphatic carbocycles. The van der Waals surface area contributed by atoms with Crippen LogP contribution >= 0.6 is 0 Å². The molecule has 15 heteroatoms. The van der Waals surface area contributed by atoms with Gasteiger partial charge in [0.1, 0.15) is 24.2 Å². The number of hydrogen-bond acceptors (Lipinski definition) is 7. The molecule has 1 saturated heterocycles. The average molecular weight is 603 g/mol. The predicted octanol–water partition coefficient (Wildman–Crippen LogP) is -1.83. The van der Waals surface area contributed by atoms with Gasteiger partial charge in [0.2, 0.25) is 29.5 Å². The first kappa shape index (κ1) is 34.5. The molecular weight excluding hydrogens is 560 g/mol. The second-order valence-corrected chi connectivity index (χ2v) is 10.7. The summed E-state index contributed by atoms with van der Waals surface area (Å²) in [6, 6.07) is 4.00. The van der Waals surface area contributed by atoms with E-state index in [-0.39, 0.29) is 25.3 Å². The average Bonchev–Trinajstić information content (AvgIpc) is 2.94. The summed E-state index contributed by atoms with van der Waals surface area (Å²) in [6.45, 7) is 3.08. The van der Waals surface area contributed by atoms with Crippen molar-refractivity contribution in [3.05, 3.63) is 35.9 Å². The highest BCUT2D eigenvalue weighted by atomic mass is 16.4. The highest BCUT2D eigenvalue weighted by molar-refractivity contribution is 5.98. The van der Waals surface area contributed by atoms with Gasteiger partial charge in [0.05, 0.1) is 13.0 Å². The van der Waals surface area contributed by atoms with Gasteiger partial charge in [-0.05, 0) is 24.3 Å². The van der Waals surface area contributed by atoms with Gasteiger partial charge in [-0.1, -0.05) is 44.2 Å². The molecule has 0 bridgehead atoms. The third-order valence-corrected chi connectivity index (χ3v) is 7.09. The Balaban J connectivity index is 2.55. The molecule has 1 aromatic carbocycles. The Bertz CT molecular complexity index is 1200. The largest absolute Gasteiger partial charge is 0.481 e. The van der Waals surface area contributed by atoms with Crippen LogP contribution in [0.4, 0.5) is 0 Å². The van der Waals surface area contributed by atoms with E-state index in [9.17, 15) is 33.9 Å². The van der Waals surface area contributed by atoms with Gasteiger partial charge in [-0.15, -0.1) is 0 Å². The molecule has 0 saturated carbocycles. The first-order chi connectivity index (χ1) is 20.2. The van der Waals surface area contributed by atoms with E-state index in [1.54, 1.807) is 44.2 Å². The van der Waals surface area contributed by atoms with E-state index >= 15 is 0 Å². The summed E-state index contributed by atoms with van der Waals surface area (Å²) >= 11 is 0. The summed E-state index contributed by atoms with van der Waals surface area (Å²) in [5.41, 5.74) is 11.4. The van der Waals surface area contributed by atoms with Crippen molar-refractivity contribution >= 4 is 41.5 Å². The summed E-state index contributed by atoms with van der Waals surface area (Å²) in [5.74, 6) is -5.42. The van der Waals surface area contributed by atoms with Gasteiger partial charge in [0, 0.05) is 27.1 Å². The summed E-state index contributed by atoms with van der Waals surface area (Å²) in [4.78, 5) is 84.8. The lowest BCUT2D eigenvalue weighted by atomic mass is 9.98. The molecule has 4 atom stereocenters. The molecule has 0 radical (unpaired) electrons. The number of carboxylic acid groups (broad SMARTS) is 1. The van der Waals surface area contributed by atoms with Crippen LogP contribution in [0.1, 0.15) is 38.7 Å². The molecule has 0 aromatic heterocycles. The SMILES string of the molecule is CC(C)[C@H]1C(=O)N[C@@H](CCCN=C(N)N)C(=O)NCC(=O)N(C)[C@@H](CC(=O)O)C(=O)N[C@H](Cc2ccccc2)C(=O)N1C. The van der Waals surface area contributed by atoms with E-state index in [2.05, 4.69) is 20.9 Å². The maximum atomic E-state index is 13.9. The maximum Gasteiger partial charge on any atom is 0.305 e. The molecule has 43 heavy (non-hydrogen) atoms. The molecule has 1 aromatic rings. The van der Waals surface area contributed by atoms with Crippen LogP contribution in [0.5, 0.6) is 0 Å². The number of amides is 5. The predicted molar refractivity (Wildman–Crippen MR) is 157 cm³/mol. The molecule has 8 N–H and O–H groups in total. The Morgan fingerprint density at radius 1 is 0.977 bits per heavy atom. The number of benzene rings is 1. The van der Waals surface area contributed by atoms with Gasteiger partial charge >= 0.3 is 5.97 Å². The van der Waals surface area contributed by atoms with Gasteiger partial charge in [-0.25, -0.2) is 0 Å². The molecule has 1 aliphatic rings. The Morgan fingerprint density at radius 3 is 2.19 bits per heavy atom. The quantitative estimate of drug-likeness (QED) is 0.106. The van der Waals surface area contributed by atoms with Crippen molar-refractivity contribution in [2.45, 2.75) is 63.7 Å². The molecule has 2 rings (SSSR count). The molecule has 1 fully saturated rings. The van der Waals surface area contributed by atoms with Crippen LogP contribution in [-0.4, -0.2) is 108 Å². The molecule has 15 nitrogen and oxygen atoms in total. The Labute approximate surface area is 250 Å². The van der Waals surface area contributed by atoms with E-state index in [0.29, 0.717) is 12.0 Å². The van der Waals surface area contributed by atoms with E-state index in [4.69, 9.17) is 11.5 Å². The minimum atomic E-state index is -1.49. The molecule has 0 unspecified atom stereocenters. The number of carboxylic acids is 1. The molecule has 0 spiro atoms. The number of aliphatic imine (C=N–C) groups is 1. The molecule has 1 heterocycles. The van der Waals surface area contributed by atoms with E-state index < -0.39 is 78.6 Å². The smallest absolute Gasteiger partial charge is 0.305 e. The lowest BCUT2D eigenvalue weighted by Crippen LogP contribution is -2.59. The Kier molecular flexibility index (Phi) is 12.9. The van der Waals surface area contributed by atoms with Gasteiger partial charge < -0.3 is 42.3 Å². The first-order valence-corrected chi connectivity index (χ1v) is 13.9. The number of rotatable bonds is 9. The van der Waals surface area contributed by atoms with E-state index in [1.807, 2.05) is 0 Å². The number of nitrogens with two attached hydrogens (primary N) is 2. The first-order valence-electron chi connectivity index (χ1n) is 13.9. The van der Waals surface area contributed by atoms with Crippen LogP contribution in [0.3, 0.4) is 0 Å². The van der Waals surface area contributed by atoms with E-state index in [0.717, 1.165) is 4.90 Å². The number of nitrogens with zero attached hydrogens (tertiary/aromatic N) is 3. The molecule has 236 valence electrons. The Morgan fingerprint density at radius 2 is 1.60 bits per heavy atom. The van der Waals surface area contributed by atoms with Crippen molar-refractivity contribution in [3.8, 4) is 0 Å². The molecule has 1 aliphatic heterocycles. The minimum absolute atomic E-state index is 0.0348. The van der Waals surface area contributed by atoms with Gasteiger partial charge in [0.25, 0.3) is 0 Å². The third kappa shape index (κ3) is 10.3. The molecular formula is C28H42N8O7. The fourth-order valence-electron chi connectivity index (χ4n) is 4.81. The number of nitrogens with one attached hydrogen (secondary N) is 3. The zero-order valence-electron chi connectivity index (χ0n) is 24.9. The number of guanidine groups is 1. The van der Waals surface area contributed by atoms with Crippen molar-refractivity contribution in [1.29, 1.82) is 0 Å². The normalized spacial score (nSPS) is 22.7. The number of hydrogen-bond donors (Lipinski definition) is 6. The third-order valence-electron chi connectivity index (χ3n) is 7.09. The second-order valence-electron chi connectivity index (χ2n) is 10.7. The second kappa shape index (κ2) is 16.1. The number of carbonyl (C=O) groups excluding carboxylic acids is 5. The van der Waals surface area contributed by atoms with Crippen molar-refractivity contribution < 1.29 is 33.9 Å². The Hall–Kier alpha value is -4.69. The monoisotopic (exact) mass is 602 g/mol. The van der Waals surface area contributed by atoms with Crippen molar-refractivity contribution in [1.82, 2.24) is 25.8 Å². The summed E-state index contributed by atoms with van der Waals surface area (Å²) < 4.78 is 0. The lowest BCUT2D eigenvalue weighted by molar-refractivity contribution is -0.147. The summed E-state index contributed by atoms with van der Waals surface area (Å²) in [5, 5.41) is 17.3. The zero-order valence-corrected chi connectivity index (χ0v) is 24.9. The van der Waals surface area contributed by atoms with Crippen LogP contribution in [0.25, 0.3) is 0 Å². The number of aliphatic carboxylic acids is 1. The lowest BCUT2D eigenvalue weighted by Gasteiger charge is -2.34. The summed E-state index contributed by atoms with van der Waals surface area (Å²) in [6.07, 6.45) is -0.290. The zero-order chi connectivity index (χ0) is 32.3. The standard InChI is InChI=1S/C28H42N8O7/c1-16(2)23-26(42)33-18(11-8-12-31-28(29)30)24(40)32-15-21(37)35(3)20(14-22(38)39)25(41)34-19(27(43)36(23)4)13-17-9-6-5-7-10-17/h5-7,9-10,16,18-20,23H,8,11-15H2,1-4H3,(H,32,40)(H,33,42)(H,34,41)(H,38,39)(H4,29,30,31)/t18-,19+,20-,23-/m0/s1. The van der Waals surface area contributed by atoms with Gasteiger partial charge in [-0.2, -0.15) is 0 Å². The highest BCUT2D eigenvalue weighted by Gasteiger charge is 2.38. The number of carbonyl (C=O) groups is 6. The van der Waals surface area contributed by atoms with Crippen LogP contribution in [0, 0.1) is 5.92 Å². The summed E-state index contributed by atoms with van der Waals surface area (Å²) in [7, 11) is 2.66. The van der Waals surface area contributed by atoms with Crippen molar-refractivity contribution in [3.63, 3.8) is 0 Å². The fraction of sp³-hybridized carbons (Fsp3) is 0.536. The number of likely N-dealkylation sites (N-methyl/N-ethyl adjacent to an activating group) is 2. The highest BCUT2D eigenvalue weighted by Crippen LogP contribution is 2.16.